The first-order chi connectivity index (χ1) is 12.7. The maximum absolute atomic E-state index is 12.1. The predicted octanol–water partition coefficient (Wildman–Crippen LogP) is 3.10. The Hall–Kier alpha value is -2.23. The summed E-state index contributed by atoms with van der Waals surface area (Å²) in [4.78, 5) is 13.7. The van der Waals surface area contributed by atoms with Crippen molar-refractivity contribution in [1.29, 1.82) is 0 Å². The molecule has 1 aromatic carbocycles. The third-order valence-electron chi connectivity index (χ3n) is 3.91. The average Bonchev–Trinajstić information content (AvgIpc) is 3.00. The SMILES string of the molecule is CCN(CC)c1ccc(-c2nnc(SCC(=O)NCC(F)(F)F)n2C)cc1. The van der Waals surface area contributed by atoms with Gasteiger partial charge in [-0.15, -0.1) is 10.2 Å². The van der Waals surface area contributed by atoms with Gasteiger partial charge in [-0.05, 0) is 38.1 Å². The summed E-state index contributed by atoms with van der Waals surface area (Å²) in [5.41, 5.74) is 1.98. The summed E-state index contributed by atoms with van der Waals surface area (Å²) in [5.74, 6) is -0.243. The quantitative estimate of drug-likeness (QED) is 0.689. The van der Waals surface area contributed by atoms with Gasteiger partial charge in [-0.2, -0.15) is 13.2 Å². The monoisotopic (exact) mass is 401 g/mol. The van der Waals surface area contributed by atoms with Crippen molar-refractivity contribution < 1.29 is 18.0 Å². The van der Waals surface area contributed by atoms with Crippen LogP contribution in [0.2, 0.25) is 0 Å². The highest BCUT2D eigenvalue weighted by atomic mass is 32.2. The normalized spacial score (nSPS) is 11.5. The zero-order chi connectivity index (χ0) is 20.0. The van der Waals surface area contributed by atoms with Crippen LogP contribution in [0.1, 0.15) is 13.8 Å². The number of aromatic nitrogens is 3. The lowest BCUT2D eigenvalue weighted by molar-refractivity contribution is -0.136. The summed E-state index contributed by atoms with van der Waals surface area (Å²) in [6, 6.07) is 7.91. The van der Waals surface area contributed by atoms with E-state index in [0.717, 1.165) is 36.1 Å². The summed E-state index contributed by atoms with van der Waals surface area (Å²) >= 11 is 1.04. The molecule has 0 spiro atoms. The molecule has 0 fully saturated rings. The highest BCUT2D eigenvalue weighted by Gasteiger charge is 2.27. The Labute approximate surface area is 160 Å². The maximum atomic E-state index is 12.1. The smallest absolute Gasteiger partial charge is 0.372 e. The number of alkyl halides is 3. The molecule has 0 atom stereocenters. The first-order valence-corrected chi connectivity index (χ1v) is 9.44. The molecule has 148 valence electrons. The van der Waals surface area contributed by atoms with Gasteiger partial charge in [0.05, 0.1) is 5.75 Å². The Bertz CT molecular complexity index is 757. The number of hydrogen-bond acceptors (Lipinski definition) is 5. The van der Waals surface area contributed by atoms with E-state index >= 15 is 0 Å². The van der Waals surface area contributed by atoms with Crippen LogP contribution in [-0.4, -0.2) is 52.2 Å². The molecule has 10 heteroatoms. The Morgan fingerprint density at radius 3 is 2.37 bits per heavy atom. The third-order valence-corrected chi connectivity index (χ3v) is 4.93. The lowest BCUT2D eigenvalue weighted by Crippen LogP contribution is -2.34. The van der Waals surface area contributed by atoms with Gasteiger partial charge in [0.1, 0.15) is 6.54 Å². The zero-order valence-electron chi connectivity index (χ0n) is 15.4. The van der Waals surface area contributed by atoms with Crippen LogP contribution in [0.3, 0.4) is 0 Å². The van der Waals surface area contributed by atoms with E-state index in [2.05, 4.69) is 28.9 Å². The van der Waals surface area contributed by atoms with Crippen molar-refractivity contribution >= 4 is 23.4 Å². The molecular weight excluding hydrogens is 379 g/mol. The molecule has 1 amide bonds. The van der Waals surface area contributed by atoms with Crippen molar-refractivity contribution in [3.05, 3.63) is 24.3 Å². The van der Waals surface area contributed by atoms with Crippen LogP contribution >= 0.6 is 11.8 Å². The second-order valence-electron chi connectivity index (χ2n) is 5.76. The number of carbonyl (C=O) groups is 1. The molecular formula is C17H22F3N5OS. The predicted molar refractivity (Wildman–Crippen MR) is 99.8 cm³/mol. The van der Waals surface area contributed by atoms with Crippen molar-refractivity contribution in [3.8, 4) is 11.4 Å². The van der Waals surface area contributed by atoms with Crippen LogP contribution in [-0.2, 0) is 11.8 Å². The third kappa shape index (κ3) is 5.88. The number of anilines is 1. The molecule has 0 aliphatic heterocycles. The average molecular weight is 401 g/mol. The van der Waals surface area contributed by atoms with Crippen molar-refractivity contribution in [1.82, 2.24) is 20.1 Å². The van der Waals surface area contributed by atoms with Crippen LogP contribution < -0.4 is 10.2 Å². The molecule has 1 heterocycles. The fraction of sp³-hybridized carbons (Fsp3) is 0.471. The number of halogens is 3. The molecule has 0 saturated carbocycles. The highest BCUT2D eigenvalue weighted by molar-refractivity contribution is 7.99. The fourth-order valence-corrected chi connectivity index (χ4v) is 3.22. The van der Waals surface area contributed by atoms with E-state index in [1.807, 2.05) is 29.6 Å². The van der Waals surface area contributed by atoms with Gasteiger partial charge in [-0.1, -0.05) is 11.8 Å². The van der Waals surface area contributed by atoms with E-state index in [1.165, 1.54) is 0 Å². The number of amides is 1. The van der Waals surface area contributed by atoms with Crippen molar-refractivity contribution in [3.63, 3.8) is 0 Å². The van der Waals surface area contributed by atoms with E-state index in [0.29, 0.717) is 11.0 Å². The largest absolute Gasteiger partial charge is 0.405 e. The van der Waals surface area contributed by atoms with E-state index in [-0.39, 0.29) is 5.75 Å². The number of carbonyl (C=O) groups excluding carboxylic acids is 1. The second kappa shape index (κ2) is 9.12. The lowest BCUT2D eigenvalue weighted by Gasteiger charge is -2.21. The minimum absolute atomic E-state index is 0.164. The Morgan fingerprint density at radius 1 is 1.19 bits per heavy atom. The number of rotatable bonds is 8. The van der Waals surface area contributed by atoms with Crippen LogP contribution in [0, 0.1) is 0 Å². The van der Waals surface area contributed by atoms with Crippen LogP contribution in [0.25, 0.3) is 11.4 Å². The molecule has 2 rings (SSSR count). The molecule has 27 heavy (non-hydrogen) atoms. The van der Waals surface area contributed by atoms with Crippen molar-refractivity contribution in [2.45, 2.75) is 25.2 Å². The zero-order valence-corrected chi connectivity index (χ0v) is 16.2. The maximum Gasteiger partial charge on any atom is 0.405 e. The highest BCUT2D eigenvalue weighted by Crippen LogP contribution is 2.25. The van der Waals surface area contributed by atoms with Gasteiger partial charge in [-0.3, -0.25) is 4.79 Å². The van der Waals surface area contributed by atoms with Crippen LogP contribution in [0.15, 0.2) is 29.4 Å². The summed E-state index contributed by atoms with van der Waals surface area (Å²) < 4.78 is 38.0. The molecule has 2 aromatic rings. The van der Waals surface area contributed by atoms with Gasteiger partial charge in [-0.25, -0.2) is 0 Å². The molecule has 0 aliphatic carbocycles. The number of benzene rings is 1. The number of thioether (sulfide) groups is 1. The Morgan fingerprint density at radius 2 is 1.81 bits per heavy atom. The molecule has 0 saturated heterocycles. The molecule has 6 nitrogen and oxygen atoms in total. The number of nitrogens with zero attached hydrogens (tertiary/aromatic N) is 4. The fourth-order valence-electron chi connectivity index (χ4n) is 2.48. The van der Waals surface area contributed by atoms with Crippen LogP contribution in [0.5, 0.6) is 0 Å². The minimum atomic E-state index is -4.42. The topological polar surface area (TPSA) is 63.1 Å². The van der Waals surface area contributed by atoms with Gasteiger partial charge in [0, 0.05) is 31.4 Å². The summed E-state index contributed by atoms with van der Waals surface area (Å²) in [6.07, 6.45) is -4.42. The number of hydrogen-bond donors (Lipinski definition) is 1. The van der Waals surface area contributed by atoms with Gasteiger partial charge in [0.2, 0.25) is 5.91 Å². The van der Waals surface area contributed by atoms with Gasteiger partial charge in [0.25, 0.3) is 0 Å². The van der Waals surface area contributed by atoms with E-state index in [1.54, 1.807) is 11.6 Å². The summed E-state index contributed by atoms with van der Waals surface area (Å²) in [6.45, 7) is 4.67. The number of nitrogens with one attached hydrogen (secondary N) is 1. The minimum Gasteiger partial charge on any atom is -0.372 e. The molecule has 0 aliphatic rings. The van der Waals surface area contributed by atoms with Gasteiger partial charge >= 0.3 is 6.18 Å². The lowest BCUT2D eigenvalue weighted by atomic mass is 10.2. The Kier molecular flexibility index (Phi) is 7.11. The van der Waals surface area contributed by atoms with E-state index < -0.39 is 18.6 Å². The molecule has 0 bridgehead atoms. The second-order valence-corrected chi connectivity index (χ2v) is 6.71. The van der Waals surface area contributed by atoms with Gasteiger partial charge < -0.3 is 14.8 Å². The van der Waals surface area contributed by atoms with Crippen molar-refractivity contribution in [2.24, 2.45) is 7.05 Å². The molecule has 0 unspecified atom stereocenters. The Balaban J connectivity index is 2.01. The first kappa shape index (κ1) is 21.1. The standard InChI is InChI=1S/C17H22F3N5OS/c1-4-25(5-2)13-8-6-12(7-9-13)15-22-23-16(24(15)3)27-10-14(26)21-11-17(18,19)20/h6-9H,4-5,10-11H2,1-3H3,(H,21,26). The molecule has 1 N–H and O–H groups in total. The summed E-state index contributed by atoms with van der Waals surface area (Å²) in [7, 11) is 1.75. The van der Waals surface area contributed by atoms with Crippen molar-refractivity contribution in [2.75, 3.05) is 30.3 Å². The first-order valence-electron chi connectivity index (χ1n) is 8.46. The molecule has 0 radical (unpaired) electrons. The van der Waals surface area contributed by atoms with E-state index in [9.17, 15) is 18.0 Å². The van der Waals surface area contributed by atoms with Crippen LogP contribution in [0.4, 0.5) is 18.9 Å². The van der Waals surface area contributed by atoms with E-state index in [4.69, 9.17) is 0 Å². The molecule has 1 aromatic heterocycles. The van der Waals surface area contributed by atoms with Gasteiger partial charge in [0.15, 0.2) is 11.0 Å². The summed E-state index contributed by atoms with van der Waals surface area (Å²) in [5, 5.41) is 10.4.